The van der Waals surface area contributed by atoms with Gasteiger partial charge in [-0.2, -0.15) is 4.91 Å². The van der Waals surface area contributed by atoms with E-state index in [1.54, 1.807) is 0 Å². The van der Waals surface area contributed by atoms with Crippen molar-refractivity contribution in [1.82, 2.24) is 0 Å². The summed E-state index contributed by atoms with van der Waals surface area (Å²) in [6.07, 6.45) is 12.0. The highest BCUT2D eigenvalue weighted by atomic mass is 16.3. The molecule has 0 saturated heterocycles. The summed E-state index contributed by atoms with van der Waals surface area (Å²) in [5.74, 6) is 0. The maximum atomic E-state index is 10.3. The van der Waals surface area contributed by atoms with Gasteiger partial charge < -0.3 is 4.79 Å². The molecule has 16 heavy (non-hydrogen) atoms. The summed E-state index contributed by atoms with van der Waals surface area (Å²) in [5.41, 5.74) is 0. The van der Waals surface area contributed by atoms with Crippen LogP contribution in [0.3, 0.4) is 0 Å². The number of unbranched alkanes of at least 4 members (excludes halogenated alkanes) is 6. The van der Waals surface area contributed by atoms with Gasteiger partial charge in [0.1, 0.15) is 6.29 Å². The monoisotopic (exact) mass is 225 g/mol. The fourth-order valence-corrected chi connectivity index (χ4v) is 1.70. The van der Waals surface area contributed by atoms with Crippen molar-refractivity contribution < 1.29 is 4.79 Å². The molecule has 0 N–H and O–H groups in total. The number of allylic oxidation sites excluding steroid dienone is 1. The number of hydrogen-bond acceptors (Lipinski definition) is 3. The SMILES string of the molecule is C=CCCCCCCCCC(CC=O)N=O. The van der Waals surface area contributed by atoms with Crippen LogP contribution in [0.4, 0.5) is 0 Å². The van der Waals surface area contributed by atoms with Crippen LogP contribution in [-0.2, 0) is 4.79 Å². The lowest BCUT2D eigenvalue weighted by Crippen LogP contribution is -2.03. The summed E-state index contributed by atoms with van der Waals surface area (Å²) in [5, 5.41) is 2.94. The molecule has 1 atom stereocenters. The third-order valence-electron chi connectivity index (χ3n) is 2.71. The van der Waals surface area contributed by atoms with Crippen LogP contribution in [0.5, 0.6) is 0 Å². The van der Waals surface area contributed by atoms with Crippen molar-refractivity contribution in [3.05, 3.63) is 17.6 Å². The van der Waals surface area contributed by atoms with Crippen molar-refractivity contribution in [1.29, 1.82) is 0 Å². The summed E-state index contributed by atoms with van der Waals surface area (Å²) in [6, 6.07) is -0.293. The van der Waals surface area contributed by atoms with Gasteiger partial charge >= 0.3 is 0 Å². The summed E-state index contributed by atoms with van der Waals surface area (Å²) in [4.78, 5) is 20.5. The molecule has 0 aliphatic heterocycles. The zero-order chi connectivity index (χ0) is 12.1. The number of nitroso groups, excluding NO2 is 1. The van der Waals surface area contributed by atoms with Crippen molar-refractivity contribution in [2.75, 3.05) is 0 Å². The average Bonchev–Trinajstić information content (AvgIpc) is 2.31. The minimum absolute atomic E-state index is 0.281. The van der Waals surface area contributed by atoms with Gasteiger partial charge in [0.15, 0.2) is 0 Å². The molecule has 0 aromatic carbocycles. The Morgan fingerprint density at radius 1 is 1.06 bits per heavy atom. The minimum atomic E-state index is -0.293. The number of carbonyl (C=O) groups excluding carboxylic acids is 1. The van der Waals surface area contributed by atoms with Crippen molar-refractivity contribution >= 4 is 6.29 Å². The quantitative estimate of drug-likeness (QED) is 0.218. The number of carbonyl (C=O) groups is 1. The van der Waals surface area contributed by atoms with Gasteiger partial charge in [-0.3, -0.25) is 0 Å². The molecule has 0 saturated carbocycles. The Labute approximate surface area is 98.3 Å². The Bertz CT molecular complexity index is 192. The van der Waals surface area contributed by atoms with Crippen LogP contribution in [-0.4, -0.2) is 12.3 Å². The number of nitrogens with zero attached hydrogens (tertiary/aromatic N) is 1. The molecule has 0 aliphatic rings. The second-order valence-electron chi connectivity index (χ2n) is 4.15. The molecule has 0 rings (SSSR count). The molecule has 3 heteroatoms. The first-order valence-corrected chi connectivity index (χ1v) is 6.22. The fraction of sp³-hybridized carbons (Fsp3) is 0.769. The van der Waals surface area contributed by atoms with Crippen LogP contribution < -0.4 is 0 Å². The molecule has 0 aliphatic carbocycles. The van der Waals surface area contributed by atoms with E-state index in [-0.39, 0.29) is 12.5 Å². The van der Waals surface area contributed by atoms with Gasteiger partial charge in [0.05, 0.1) is 6.04 Å². The molecular formula is C13H23NO2. The summed E-state index contributed by atoms with van der Waals surface area (Å²) < 4.78 is 0. The van der Waals surface area contributed by atoms with Crippen LogP contribution in [0.15, 0.2) is 17.8 Å². The zero-order valence-corrected chi connectivity index (χ0v) is 10.1. The Hall–Kier alpha value is -0.990. The highest BCUT2D eigenvalue weighted by Gasteiger charge is 2.06. The fourth-order valence-electron chi connectivity index (χ4n) is 1.70. The smallest absolute Gasteiger partial charge is 0.122 e. The molecule has 0 radical (unpaired) electrons. The van der Waals surface area contributed by atoms with Crippen molar-refractivity contribution in [2.24, 2.45) is 5.18 Å². The van der Waals surface area contributed by atoms with Gasteiger partial charge in [0.2, 0.25) is 0 Å². The summed E-state index contributed by atoms with van der Waals surface area (Å²) in [6.45, 7) is 3.69. The second-order valence-corrected chi connectivity index (χ2v) is 4.15. The van der Waals surface area contributed by atoms with Crippen molar-refractivity contribution in [2.45, 2.75) is 63.8 Å². The van der Waals surface area contributed by atoms with Gasteiger partial charge in [-0.05, 0) is 19.3 Å². The number of aldehydes is 1. The first-order chi connectivity index (χ1) is 7.85. The summed E-state index contributed by atoms with van der Waals surface area (Å²) >= 11 is 0. The van der Waals surface area contributed by atoms with Crippen molar-refractivity contribution in [3.8, 4) is 0 Å². The number of rotatable bonds is 12. The molecule has 1 unspecified atom stereocenters. The van der Waals surface area contributed by atoms with E-state index >= 15 is 0 Å². The minimum Gasteiger partial charge on any atom is -0.303 e. The van der Waals surface area contributed by atoms with Crippen LogP contribution in [0, 0.1) is 4.91 Å². The first kappa shape index (κ1) is 15.0. The number of hydrogen-bond donors (Lipinski definition) is 0. The first-order valence-electron chi connectivity index (χ1n) is 6.22. The van der Waals surface area contributed by atoms with Gasteiger partial charge in [-0.25, -0.2) is 0 Å². The average molecular weight is 225 g/mol. The normalized spacial score (nSPS) is 12.0. The van der Waals surface area contributed by atoms with Gasteiger partial charge in [0.25, 0.3) is 0 Å². The molecule has 0 aromatic heterocycles. The highest BCUT2D eigenvalue weighted by molar-refractivity contribution is 5.50. The van der Waals surface area contributed by atoms with E-state index in [4.69, 9.17) is 0 Å². The van der Waals surface area contributed by atoms with Gasteiger partial charge in [-0.1, -0.05) is 43.4 Å². The molecule has 3 nitrogen and oxygen atoms in total. The lowest BCUT2D eigenvalue weighted by atomic mass is 10.0. The lowest BCUT2D eigenvalue weighted by molar-refractivity contribution is -0.108. The standard InChI is InChI=1S/C13H23NO2/c1-2-3-4-5-6-7-8-9-10-13(14-16)11-12-15/h2,12-13H,1,3-11H2. The van der Waals surface area contributed by atoms with Crippen LogP contribution in [0.1, 0.15) is 57.8 Å². The Balaban J connectivity index is 3.21. The lowest BCUT2D eigenvalue weighted by Gasteiger charge is -2.04. The molecule has 0 bridgehead atoms. The highest BCUT2D eigenvalue weighted by Crippen LogP contribution is 2.12. The molecule has 0 fully saturated rings. The summed E-state index contributed by atoms with van der Waals surface area (Å²) in [7, 11) is 0. The van der Waals surface area contributed by atoms with E-state index in [0.29, 0.717) is 0 Å². The van der Waals surface area contributed by atoms with Gasteiger partial charge in [-0.15, -0.1) is 6.58 Å². The van der Waals surface area contributed by atoms with Crippen LogP contribution in [0.2, 0.25) is 0 Å². The maximum absolute atomic E-state index is 10.3. The Morgan fingerprint density at radius 2 is 1.69 bits per heavy atom. The predicted molar refractivity (Wildman–Crippen MR) is 67.4 cm³/mol. The zero-order valence-electron chi connectivity index (χ0n) is 10.1. The topological polar surface area (TPSA) is 46.5 Å². The van der Waals surface area contributed by atoms with E-state index in [0.717, 1.165) is 32.0 Å². The Kier molecular flexibility index (Phi) is 11.3. The second kappa shape index (κ2) is 12.1. The largest absolute Gasteiger partial charge is 0.303 e. The van der Waals surface area contributed by atoms with Crippen molar-refractivity contribution in [3.63, 3.8) is 0 Å². The molecule has 92 valence electrons. The Morgan fingerprint density at radius 3 is 2.25 bits per heavy atom. The maximum Gasteiger partial charge on any atom is 0.122 e. The third-order valence-corrected chi connectivity index (χ3v) is 2.71. The van der Waals surface area contributed by atoms with E-state index in [1.165, 1.54) is 25.7 Å². The van der Waals surface area contributed by atoms with E-state index in [1.807, 2.05) is 6.08 Å². The van der Waals surface area contributed by atoms with Crippen LogP contribution in [0.25, 0.3) is 0 Å². The third kappa shape index (κ3) is 9.56. The molecule has 0 amide bonds. The molecule has 0 aromatic rings. The molecule has 0 heterocycles. The van der Waals surface area contributed by atoms with E-state index < -0.39 is 0 Å². The van der Waals surface area contributed by atoms with E-state index in [2.05, 4.69) is 11.8 Å². The molecular weight excluding hydrogens is 202 g/mol. The van der Waals surface area contributed by atoms with E-state index in [9.17, 15) is 9.70 Å². The van der Waals surface area contributed by atoms with Crippen LogP contribution >= 0.6 is 0 Å². The predicted octanol–water partition coefficient (Wildman–Crippen LogP) is 4.02. The molecule has 0 spiro atoms. The van der Waals surface area contributed by atoms with Gasteiger partial charge in [0, 0.05) is 6.42 Å².